The van der Waals surface area contributed by atoms with Crippen LogP contribution in [-0.4, -0.2) is 51.2 Å². The first-order valence-corrected chi connectivity index (χ1v) is 9.83. The van der Waals surface area contributed by atoms with Crippen molar-refractivity contribution >= 4 is 43.0 Å². The average molecular weight is 435 g/mol. The second-order valence-electron chi connectivity index (χ2n) is 4.94. The number of nitrogens with one attached hydrogen (secondary N) is 2. The Labute approximate surface area is 152 Å². The lowest BCUT2D eigenvalue weighted by molar-refractivity contribution is 0.305. The van der Waals surface area contributed by atoms with E-state index in [0.717, 1.165) is 0 Å². The third-order valence-corrected chi connectivity index (χ3v) is 5.50. The van der Waals surface area contributed by atoms with Crippen LogP contribution in [0.4, 0.5) is 15.9 Å². The van der Waals surface area contributed by atoms with Crippen molar-refractivity contribution in [3.63, 3.8) is 0 Å². The summed E-state index contributed by atoms with van der Waals surface area (Å²) >= 11 is 3.07. The number of oxime groups is 1. The lowest BCUT2D eigenvalue weighted by Crippen LogP contribution is -2.19. The van der Waals surface area contributed by atoms with E-state index in [2.05, 4.69) is 51.0 Å². The summed E-state index contributed by atoms with van der Waals surface area (Å²) in [6.07, 6.45) is 1.55. The van der Waals surface area contributed by atoms with Crippen LogP contribution in [0.2, 0.25) is 0 Å². The molecule has 0 saturated heterocycles. The predicted octanol–water partition coefficient (Wildman–Crippen LogP) is 2.36. The van der Waals surface area contributed by atoms with E-state index >= 15 is 0 Å². The van der Waals surface area contributed by atoms with E-state index < -0.39 is 15.5 Å². The highest BCUT2D eigenvalue weighted by atomic mass is 79.9. The number of nitrogens with zero attached hydrogens (tertiary/aromatic N) is 4. The molecule has 0 fully saturated rings. The molecular formula is C13H16BrFN6O3S. The molecule has 0 bridgehead atoms. The highest BCUT2D eigenvalue weighted by Gasteiger charge is 2.18. The second-order valence-corrected chi connectivity index (χ2v) is 8.48. The minimum atomic E-state index is -2.27. The van der Waals surface area contributed by atoms with Gasteiger partial charge in [-0.1, -0.05) is 5.16 Å². The van der Waals surface area contributed by atoms with E-state index in [1.165, 1.54) is 25.2 Å². The molecule has 1 heterocycles. The molecule has 1 atom stereocenters. The van der Waals surface area contributed by atoms with Crippen molar-refractivity contribution in [1.29, 1.82) is 0 Å². The van der Waals surface area contributed by atoms with E-state index in [0.29, 0.717) is 18.0 Å². The van der Waals surface area contributed by atoms with Gasteiger partial charge in [-0.15, -0.1) is 0 Å². The van der Waals surface area contributed by atoms with Gasteiger partial charge in [0.05, 0.1) is 4.47 Å². The Bertz CT molecular complexity index is 894. The van der Waals surface area contributed by atoms with E-state index in [1.54, 1.807) is 6.26 Å². The third kappa shape index (κ3) is 5.13. The largest absolute Gasteiger partial charge is 0.409 e. The SMILES string of the molecule is CN=S(C)(=O)CCNc1nonc1/C(=N/O)Nc1ccc(F)c(Br)c1. The lowest BCUT2D eigenvalue weighted by atomic mass is 10.3. The van der Waals surface area contributed by atoms with Crippen LogP contribution in [0.3, 0.4) is 0 Å². The maximum absolute atomic E-state index is 13.3. The van der Waals surface area contributed by atoms with Crippen LogP contribution in [0.5, 0.6) is 0 Å². The smallest absolute Gasteiger partial charge is 0.203 e. The van der Waals surface area contributed by atoms with Gasteiger partial charge in [-0.3, -0.25) is 0 Å². The third-order valence-electron chi connectivity index (χ3n) is 3.15. The van der Waals surface area contributed by atoms with Gasteiger partial charge in [0.1, 0.15) is 5.82 Å². The summed E-state index contributed by atoms with van der Waals surface area (Å²) in [6, 6.07) is 4.17. The van der Waals surface area contributed by atoms with Crippen LogP contribution in [0, 0.1) is 5.82 Å². The average Bonchev–Trinajstić information content (AvgIpc) is 3.04. The van der Waals surface area contributed by atoms with Gasteiger partial charge in [-0.2, -0.15) is 0 Å². The summed E-state index contributed by atoms with van der Waals surface area (Å²) in [6.45, 7) is 0.300. The normalized spacial score (nSPS) is 14.0. The Morgan fingerprint density at radius 2 is 2.24 bits per heavy atom. The van der Waals surface area contributed by atoms with Crippen LogP contribution in [0.15, 0.2) is 36.8 Å². The Balaban J connectivity index is 2.13. The predicted molar refractivity (Wildman–Crippen MR) is 96.1 cm³/mol. The zero-order valence-electron chi connectivity index (χ0n) is 13.4. The first-order valence-electron chi connectivity index (χ1n) is 6.95. The quantitative estimate of drug-likeness (QED) is 0.275. The van der Waals surface area contributed by atoms with Gasteiger partial charge >= 0.3 is 0 Å². The molecule has 0 aliphatic rings. The van der Waals surface area contributed by atoms with Gasteiger partial charge in [0.15, 0.2) is 5.69 Å². The number of hydrogen-bond donors (Lipinski definition) is 3. The Hall–Kier alpha value is -2.21. The number of anilines is 2. The van der Waals surface area contributed by atoms with Crippen molar-refractivity contribution < 1.29 is 18.4 Å². The van der Waals surface area contributed by atoms with Gasteiger partial charge in [-0.05, 0) is 44.4 Å². The minimum absolute atomic E-state index is 0.0559. The maximum atomic E-state index is 13.3. The molecule has 0 amide bonds. The molecule has 0 radical (unpaired) electrons. The number of rotatable bonds is 6. The van der Waals surface area contributed by atoms with Gasteiger partial charge in [0.2, 0.25) is 11.7 Å². The van der Waals surface area contributed by atoms with Crippen molar-refractivity contribution in [2.24, 2.45) is 9.52 Å². The molecule has 0 aliphatic carbocycles. The molecule has 25 heavy (non-hydrogen) atoms. The zero-order chi connectivity index (χ0) is 18.4. The molecule has 2 aromatic rings. The lowest BCUT2D eigenvalue weighted by Gasteiger charge is -2.08. The van der Waals surface area contributed by atoms with Crippen LogP contribution in [0.25, 0.3) is 0 Å². The standard InChI is InChI=1S/C13H16BrFN6O3S/c1-16-25(2,23)6-5-17-12-11(20-24-21-12)13(19-22)18-8-3-4-10(15)9(14)7-8/h3-4,7,22H,5-6H2,1-2H3,(H,17,21)(H,18,19). The van der Waals surface area contributed by atoms with Gasteiger partial charge < -0.3 is 15.8 Å². The van der Waals surface area contributed by atoms with Crippen molar-refractivity contribution in [3.05, 3.63) is 34.2 Å². The second kappa shape index (κ2) is 8.25. The summed E-state index contributed by atoms with van der Waals surface area (Å²) < 4.78 is 33.9. The fraction of sp³-hybridized carbons (Fsp3) is 0.308. The Morgan fingerprint density at radius 1 is 1.48 bits per heavy atom. The van der Waals surface area contributed by atoms with Crippen LogP contribution in [0.1, 0.15) is 5.69 Å². The highest BCUT2D eigenvalue weighted by Crippen LogP contribution is 2.21. The monoisotopic (exact) mass is 434 g/mol. The number of benzene rings is 1. The summed E-state index contributed by atoms with van der Waals surface area (Å²) in [7, 11) is -0.778. The summed E-state index contributed by atoms with van der Waals surface area (Å²) in [4.78, 5) is 0. The highest BCUT2D eigenvalue weighted by molar-refractivity contribution is 9.10. The van der Waals surface area contributed by atoms with E-state index in [1.807, 2.05) is 0 Å². The molecule has 1 aromatic heterocycles. The topological polar surface area (TPSA) is 125 Å². The molecular weight excluding hydrogens is 419 g/mol. The van der Waals surface area contributed by atoms with E-state index in [4.69, 9.17) is 0 Å². The molecule has 1 aromatic carbocycles. The van der Waals surface area contributed by atoms with E-state index in [9.17, 15) is 13.8 Å². The van der Waals surface area contributed by atoms with Gasteiger partial charge in [0, 0.05) is 41.0 Å². The van der Waals surface area contributed by atoms with Crippen molar-refractivity contribution in [3.8, 4) is 0 Å². The number of hydrogen-bond acceptors (Lipinski definition) is 8. The summed E-state index contributed by atoms with van der Waals surface area (Å²) in [5.41, 5.74) is 0.565. The molecule has 0 aliphatic heterocycles. The first kappa shape index (κ1) is 19.1. The van der Waals surface area contributed by atoms with Crippen molar-refractivity contribution in [1.82, 2.24) is 10.3 Å². The first-order chi connectivity index (χ1) is 11.9. The molecule has 1 unspecified atom stereocenters. The molecule has 12 heteroatoms. The maximum Gasteiger partial charge on any atom is 0.203 e. The summed E-state index contributed by atoms with van der Waals surface area (Å²) in [5, 5.41) is 25.4. The molecule has 9 nitrogen and oxygen atoms in total. The molecule has 3 N–H and O–H groups in total. The van der Waals surface area contributed by atoms with Crippen LogP contribution in [-0.2, 0) is 9.73 Å². The van der Waals surface area contributed by atoms with E-state index in [-0.39, 0.29) is 21.8 Å². The van der Waals surface area contributed by atoms with Crippen molar-refractivity contribution in [2.45, 2.75) is 0 Å². The molecule has 0 spiro atoms. The van der Waals surface area contributed by atoms with Crippen LogP contribution >= 0.6 is 15.9 Å². The fourth-order valence-corrected chi connectivity index (χ4v) is 2.79. The van der Waals surface area contributed by atoms with Gasteiger partial charge in [0.25, 0.3) is 0 Å². The van der Waals surface area contributed by atoms with Crippen LogP contribution < -0.4 is 10.6 Å². The van der Waals surface area contributed by atoms with Gasteiger partial charge in [-0.25, -0.2) is 17.6 Å². The summed E-state index contributed by atoms with van der Waals surface area (Å²) in [5.74, 6) is 0.00941. The molecule has 136 valence electrons. The fourth-order valence-electron chi connectivity index (χ4n) is 1.75. The Morgan fingerprint density at radius 3 is 2.88 bits per heavy atom. The Kier molecular flexibility index (Phi) is 6.31. The molecule has 2 rings (SSSR count). The zero-order valence-corrected chi connectivity index (χ0v) is 15.8. The molecule has 0 saturated carbocycles. The van der Waals surface area contributed by atoms with Crippen molar-refractivity contribution in [2.75, 3.05) is 36.2 Å². The number of aromatic nitrogens is 2. The number of amidine groups is 1. The number of halogens is 2. The minimum Gasteiger partial charge on any atom is -0.409 e.